The maximum absolute atomic E-state index is 12.2. The minimum Gasteiger partial charge on any atom is -0.497 e. The minimum atomic E-state index is -0.259. The van der Waals surface area contributed by atoms with E-state index in [9.17, 15) is 4.79 Å². The molecule has 1 rings (SSSR count). The standard InChI is InChI=1S/C16H24N2O3/c1-5-6-10-17-16(21-12(2)3)18-15(19)13-8-7-9-14(11-13)20-4/h7-9,11-12H,5-6,10H2,1-4H3,(H,17,18,19). The highest BCUT2D eigenvalue weighted by atomic mass is 16.5. The number of benzene rings is 1. The number of ether oxygens (including phenoxy) is 2. The topological polar surface area (TPSA) is 59.9 Å². The van der Waals surface area contributed by atoms with E-state index in [2.05, 4.69) is 17.2 Å². The van der Waals surface area contributed by atoms with Gasteiger partial charge in [0, 0.05) is 12.1 Å². The number of hydrogen-bond donors (Lipinski definition) is 1. The Morgan fingerprint density at radius 2 is 2.14 bits per heavy atom. The van der Waals surface area contributed by atoms with E-state index in [-0.39, 0.29) is 18.0 Å². The molecule has 0 fully saturated rings. The fourth-order valence-electron chi connectivity index (χ4n) is 1.60. The first-order valence-electron chi connectivity index (χ1n) is 7.23. The van der Waals surface area contributed by atoms with E-state index in [1.807, 2.05) is 13.8 Å². The summed E-state index contributed by atoms with van der Waals surface area (Å²) < 4.78 is 10.6. The van der Waals surface area contributed by atoms with Crippen molar-refractivity contribution in [1.82, 2.24) is 5.32 Å². The molecular formula is C16H24N2O3. The summed E-state index contributed by atoms with van der Waals surface area (Å²) in [5, 5.41) is 2.71. The summed E-state index contributed by atoms with van der Waals surface area (Å²) in [6.07, 6.45) is 1.96. The van der Waals surface area contributed by atoms with Crippen molar-refractivity contribution in [1.29, 1.82) is 0 Å². The van der Waals surface area contributed by atoms with Gasteiger partial charge in [-0.3, -0.25) is 10.1 Å². The maximum Gasteiger partial charge on any atom is 0.291 e. The maximum atomic E-state index is 12.2. The molecule has 0 bridgehead atoms. The highest BCUT2D eigenvalue weighted by Crippen LogP contribution is 2.12. The molecule has 116 valence electrons. The van der Waals surface area contributed by atoms with Gasteiger partial charge in [-0.15, -0.1) is 0 Å². The van der Waals surface area contributed by atoms with Gasteiger partial charge in [-0.25, -0.2) is 4.99 Å². The summed E-state index contributed by atoms with van der Waals surface area (Å²) in [6.45, 7) is 6.52. The molecule has 5 heteroatoms. The van der Waals surface area contributed by atoms with Crippen molar-refractivity contribution in [3.05, 3.63) is 29.8 Å². The minimum absolute atomic E-state index is 0.0454. The Hall–Kier alpha value is -2.04. The van der Waals surface area contributed by atoms with E-state index in [4.69, 9.17) is 9.47 Å². The summed E-state index contributed by atoms with van der Waals surface area (Å²) in [6, 6.07) is 7.22. The van der Waals surface area contributed by atoms with Crippen molar-refractivity contribution in [2.45, 2.75) is 39.7 Å². The number of nitrogens with one attached hydrogen (secondary N) is 1. The lowest BCUT2D eigenvalue weighted by atomic mass is 10.2. The van der Waals surface area contributed by atoms with Crippen molar-refractivity contribution in [3.63, 3.8) is 0 Å². The third-order valence-corrected chi connectivity index (χ3v) is 2.67. The normalized spacial score (nSPS) is 11.4. The number of amides is 1. The van der Waals surface area contributed by atoms with E-state index in [1.165, 1.54) is 0 Å². The van der Waals surface area contributed by atoms with E-state index in [0.29, 0.717) is 17.9 Å². The molecule has 1 amide bonds. The Morgan fingerprint density at radius 1 is 1.38 bits per heavy atom. The van der Waals surface area contributed by atoms with Crippen molar-refractivity contribution in [2.24, 2.45) is 4.99 Å². The Balaban J connectivity index is 2.76. The van der Waals surface area contributed by atoms with Crippen LogP contribution in [0.1, 0.15) is 44.0 Å². The number of carbonyl (C=O) groups is 1. The van der Waals surface area contributed by atoms with Gasteiger partial charge < -0.3 is 9.47 Å². The third-order valence-electron chi connectivity index (χ3n) is 2.67. The zero-order chi connectivity index (χ0) is 15.7. The molecule has 1 N–H and O–H groups in total. The van der Waals surface area contributed by atoms with Gasteiger partial charge in [0.15, 0.2) is 0 Å². The Morgan fingerprint density at radius 3 is 2.76 bits per heavy atom. The van der Waals surface area contributed by atoms with Gasteiger partial charge in [0.05, 0.1) is 13.2 Å². The fraction of sp³-hybridized carbons (Fsp3) is 0.500. The van der Waals surface area contributed by atoms with Crippen LogP contribution in [0.2, 0.25) is 0 Å². The van der Waals surface area contributed by atoms with Crippen LogP contribution in [0.4, 0.5) is 0 Å². The van der Waals surface area contributed by atoms with Gasteiger partial charge in [0.2, 0.25) is 0 Å². The molecule has 1 aromatic carbocycles. The van der Waals surface area contributed by atoms with Gasteiger partial charge >= 0.3 is 0 Å². The Bertz CT molecular complexity index is 484. The Labute approximate surface area is 126 Å². The quantitative estimate of drug-likeness (QED) is 0.498. The van der Waals surface area contributed by atoms with Crippen molar-refractivity contribution in [3.8, 4) is 5.75 Å². The molecule has 0 spiro atoms. The monoisotopic (exact) mass is 292 g/mol. The molecule has 0 radical (unpaired) electrons. The largest absolute Gasteiger partial charge is 0.497 e. The SMILES string of the molecule is CCCCN=C(NC(=O)c1cccc(OC)c1)OC(C)C. The van der Waals surface area contributed by atoms with E-state index in [0.717, 1.165) is 12.8 Å². The van der Waals surface area contributed by atoms with Gasteiger partial charge in [-0.05, 0) is 38.5 Å². The summed E-state index contributed by atoms with van der Waals surface area (Å²) in [7, 11) is 1.57. The molecule has 0 aliphatic heterocycles. The van der Waals surface area contributed by atoms with Gasteiger partial charge in [0.25, 0.3) is 11.9 Å². The second-order valence-corrected chi connectivity index (χ2v) is 4.89. The smallest absolute Gasteiger partial charge is 0.291 e. The lowest BCUT2D eigenvalue weighted by molar-refractivity contribution is 0.0959. The highest BCUT2D eigenvalue weighted by molar-refractivity contribution is 6.04. The first-order chi connectivity index (χ1) is 10.1. The Kier molecular flexibility index (Phi) is 7.29. The van der Waals surface area contributed by atoms with Crippen LogP contribution in [0.25, 0.3) is 0 Å². The van der Waals surface area contributed by atoms with Crippen LogP contribution >= 0.6 is 0 Å². The molecule has 0 saturated heterocycles. The molecule has 0 heterocycles. The molecular weight excluding hydrogens is 268 g/mol. The summed E-state index contributed by atoms with van der Waals surface area (Å²) in [4.78, 5) is 16.5. The van der Waals surface area contributed by atoms with Crippen LogP contribution in [0.3, 0.4) is 0 Å². The average Bonchev–Trinajstić information content (AvgIpc) is 2.46. The summed E-state index contributed by atoms with van der Waals surface area (Å²) in [5.41, 5.74) is 0.505. The van der Waals surface area contributed by atoms with Crippen molar-refractivity contribution >= 4 is 11.9 Å². The fourth-order valence-corrected chi connectivity index (χ4v) is 1.60. The van der Waals surface area contributed by atoms with Crippen LogP contribution in [0.15, 0.2) is 29.3 Å². The molecule has 1 aromatic rings. The van der Waals surface area contributed by atoms with Crippen LogP contribution in [0.5, 0.6) is 5.75 Å². The van der Waals surface area contributed by atoms with E-state index >= 15 is 0 Å². The molecule has 0 aliphatic carbocycles. The number of hydrogen-bond acceptors (Lipinski definition) is 4. The molecule has 0 aliphatic rings. The molecule has 0 saturated carbocycles. The van der Waals surface area contributed by atoms with Crippen molar-refractivity contribution in [2.75, 3.05) is 13.7 Å². The number of aliphatic imine (C=N–C) groups is 1. The predicted octanol–water partition coefficient (Wildman–Crippen LogP) is 3.01. The molecule has 5 nitrogen and oxygen atoms in total. The molecule has 0 unspecified atom stereocenters. The first kappa shape index (κ1) is 17.0. The number of rotatable bonds is 6. The van der Waals surface area contributed by atoms with Crippen LogP contribution in [-0.2, 0) is 4.74 Å². The van der Waals surface area contributed by atoms with Crippen LogP contribution in [-0.4, -0.2) is 31.7 Å². The molecule has 0 aromatic heterocycles. The van der Waals surface area contributed by atoms with Gasteiger partial charge in [-0.2, -0.15) is 0 Å². The number of methoxy groups -OCH3 is 1. The van der Waals surface area contributed by atoms with E-state index < -0.39 is 0 Å². The van der Waals surface area contributed by atoms with Crippen molar-refractivity contribution < 1.29 is 14.3 Å². The number of amidine groups is 1. The lowest BCUT2D eigenvalue weighted by Gasteiger charge is -2.13. The predicted molar refractivity (Wildman–Crippen MR) is 83.9 cm³/mol. The van der Waals surface area contributed by atoms with Crippen LogP contribution < -0.4 is 10.1 Å². The molecule has 0 atom stereocenters. The number of nitrogens with zero attached hydrogens (tertiary/aromatic N) is 1. The average molecular weight is 292 g/mol. The zero-order valence-electron chi connectivity index (χ0n) is 13.2. The number of unbranched alkanes of at least 4 members (excludes halogenated alkanes) is 1. The highest BCUT2D eigenvalue weighted by Gasteiger charge is 2.11. The van der Waals surface area contributed by atoms with Gasteiger partial charge in [0.1, 0.15) is 5.75 Å². The second kappa shape index (κ2) is 9.00. The summed E-state index contributed by atoms with van der Waals surface area (Å²) in [5.74, 6) is 0.377. The zero-order valence-corrected chi connectivity index (χ0v) is 13.2. The summed E-state index contributed by atoms with van der Waals surface area (Å²) >= 11 is 0. The first-order valence-corrected chi connectivity index (χ1v) is 7.23. The third kappa shape index (κ3) is 6.29. The van der Waals surface area contributed by atoms with E-state index in [1.54, 1.807) is 31.4 Å². The van der Waals surface area contributed by atoms with Crippen LogP contribution in [0, 0.1) is 0 Å². The molecule has 21 heavy (non-hydrogen) atoms. The van der Waals surface area contributed by atoms with Gasteiger partial charge in [-0.1, -0.05) is 19.4 Å². The lowest BCUT2D eigenvalue weighted by Crippen LogP contribution is -2.34. The second-order valence-electron chi connectivity index (χ2n) is 4.89. The number of carbonyl (C=O) groups excluding carboxylic acids is 1.